The Hall–Kier alpha value is -4.04. The van der Waals surface area contributed by atoms with Gasteiger partial charge in [-0.3, -0.25) is 4.79 Å². The van der Waals surface area contributed by atoms with Crippen LogP contribution in [0.2, 0.25) is 0 Å². The van der Waals surface area contributed by atoms with Crippen LogP contribution in [0.15, 0.2) is 83.9 Å². The molecule has 0 radical (unpaired) electrons. The van der Waals surface area contributed by atoms with Crippen LogP contribution in [0.4, 0.5) is 8.78 Å². The molecule has 0 saturated heterocycles. The molecule has 8 heteroatoms. The highest BCUT2D eigenvalue weighted by atomic mass is 19.1. The topological polar surface area (TPSA) is 80.2 Å². The van der Waals surface area contributed by atoms with Crippen molar-refractivity contribution in [2.24, 2.45) is 4.99 Å². The third-order valence-corrected chi connectivity index (χ3v) is 5.91. The lowest BCUT2D eigenvalue weighted by atomic mass is 9.95. The summed E-state index contributed by atoms with van der Waals surface area (Å²) < 4.78 is 39.6. The number of aliphatic imine (C=N–C) groups is 1. The van der Waals surface area contributed by atoms with Gasteiger partial charge in [0.1, 0.15) is 24.0 Å². The number of aliphatic hydroxyl groups is 1. The average molecular weight is 507 g/mol. The molecule has 3 aromatic rings. The van der Waals surface area contributed by atoms with E-state index in [4.69, 9.17) is 14.6 Å². The van der Waals surface area contributed by atoms with Crippen LogP contribution in [0.3, 0.4) is 0 Å². The third-order valence-electron chi connectivity index (χ3n) is 5.91. The van der Waals surface area contributed by atoms with Crippen molar-refractivity contribution in [2.45, 2.75) is 24.9 Å². The molecule has 1 atom stereocenters. The van der Waals surface area contributed by atoms with E-state index >= 15 is 0 Å². The standard InChI is InChI=1S/C29H28F2N2O4/c30-25-10-4-11-26(31)24(25)19-32-28(35)29(16-5-9-21-7-2-1-3-8-21)20-37-27(33-29)22-12-14-23(15-13-22)36-18-6-17-34/h1-5,7-15,34H,6,16-20H2,(H,32,35)/b9-5+/t29-/m1/s1. The first-order valence-corrected chi connectivity index (χ1v) is 12.0. The zero-order valence-corrected chi connectivity index (χ0v) is 20.2. The van der Waals surface area contributed by atoms with E-state index in [9.17, 15) is 13.6 Å². The number of benzene rings is 3. The maximum atomic E-state index is 14.1. The Balaban J connectivity index is 1.54. The van der Waals surface area contributed by atoms with Crippen molar-refractivity contribution in [2.75, 3.05) is 19.8 Å². The highest BCUT2D eigenvalue weighted by Crippen LogP contribution is 2.28. The van der Waals surface area contributed by atoms with Crippen LogP contribution in [-0.4, -0.2) is 42.3 Å². The molecule has 4 rings (SSSR count). The molecule has 3 aromatic carbocycles. The number of carbonyl (C=O) groups excluding carboxylic acids is 1. The highest BCUT2D eigenvalue weighted by Gasteiger charge is 2.43. The summed E-state index contributed by atoms with van der Waals surface area (Å²) in [5, 5.41) is 11.5. The predicted molar refractivity (Wildman–Crippen MR) is 137 cm³/mol. The van der Waals surface area contributed by atoms with Crippen molar-refractivity contribution < 1.29 is 28.2 Å². The molecular weight excluding hydrogens is 478 g/mol. The van der Waals surface area contributed by atoms with Gasteiger partial charge in [0, 0.05) is 37.1 Å². The van der Waals surface area contributed by atoms with Crippen LogP contribution in [0, 0.1) is 11.6 Å². The van der Waals surface area contributed by atoms with E-state index in [1.54, 1.807) is 24.3 Å². The smallest absolute Gasteiger partial charge is 0.252 e. The lowest BCUT2D eigenvalue weighted by molar-refractivity contribution is -0.126. The van der Waals surface area contributed by atoms with Gasteiger partial charge < -0.3 is 19.9 Å². The summed E-state index contributed by atoms with van der Waals surface area (Å²) in [4.78, 5) is 18.0. The normalized spacial score (nSPS) is 16.9. The molecule has 0 bridgehead atoms. The van der Waals surface area contributed by atoms with Gasteiger partial charge in [-0.1, -0.05) is 48.6 Å². The number of nitrogens with one attached hydrogen (secondary N) is 1. The molecule has 1 amide bonds. The fourth-order valence-electron chi connectivity index (χ4n) is 3.84. The van der Waals surface area contributed by atoms with Gasteiger partial charge >= 0.3 is 0 Å². The van der Waals surface area contributed by atoms with Crippen LogP contribution in [-0.2, 0) is 16.1 Å². The Bertz CT molecular complexity index is 1240. The molecule has 37 heavy (non-hydrogen) atoms. The summed E-state index contributed by atoms with van der Waals surface area (Å²) >= 11 is 0. The van der Waals surface area contributed by atoms with Gasteiger partial charge in [-0.2, -0.15) is 0 Å². The number of halogens is 2. The fourth-order valence-corrected chi connectivity index (χ4v) is 3.84. The molecule has 0 unspecified atom stereocenters. The Morgan fingerprint density at radius 2 is 1.78 bits per heavy atom. The van der Waals surface area contributed by atoms with Gasteiger partial charge in [0.05, 0.1) is 6.61 Å². The number of aliphatic hydroxyl groups excluding tert-OH is 1. The molecule has 6 nitrogen and oxygen atoms in total. The first kappa shape index (κ1) is 26.0. The number of rotatable bonds is 11. The average Bonchev–Trinajstić information content (AvgIpc) is 3.35. The minimum Gasteiger partial charge on any atom is -0.494 e. The SMILES string of the molecule is O=C(NCc1c(F)cccc1F)[C@@]1(C/C=C/c2ccccc2)COC(c2ccc(OCCCO)cc2)=N1. The zero-order valence-electron chi connectivity index (χ0n) is 20.2. The van der Waals surface area contributed by atoms with Gasteiger partial charge in [0.2, 0.25) is 5.90 Å². The Labute approximate surface area is 214 Å². The Morgan fingerprint density at radius 1 is 1.05 bits per heavy atom. The number of hydrogen-bond acceptors (Lipinski definition) is 5. The summed E-state index contributed by atoms with van der Waals surface area (Å²) in [5.74, 6) is -1.02. The second-order valence-electron chi connectivity index (χ2n) is 8.59. The Kier molecular flexibility index (Phi) is 8.64. The molecule has 2 N–H and O–H groups in total. The van der Waals surface area contributed by atoms with Crippen molar-refractivity contribution in [3.63, 3.8) is 0 Å². The molecule has 0 aliphatic carbocycles. The third kappa shape index (κ3) is 6.59. The predicted octanol–water partition coefficient (Wildman–Crippen LogP) is 4.66. The lowest BCUT2D eigenvalue weighted by Gasteiger charge is -2.22. The minimum atomic E-state index is -1.31. The molecule has 0 saturated carbocycles. The quantitative estimate of drug-likeness (QED) is 0.371. The molecular formula is C29H28F2N2O4. The molecule has 1 heterocycles. The minimum absolute atomic E-state index is 0.0260. The molecule has 1 aliphatic rings. The molecule has 0 fully saturated rings. The number of amides is 1. The van der Waals surface area contributed by atoms with E-state index in [2.05, 4.69) is 10.3 Å². The van der Waals surface area contributed by atoms with Gasteiger partial charge in [0.15, 0.2) is 5.54 Å². The van der Waals surface area contributed by atoms with Gasteiger partial charge in [-0.25, -0.2) is 13.8 Å². The van der Waals surface area contributed by atoms with E-state index in [1.165, 1.54) is 6.07 Å². The number of hydrogen-bond donors (Lipinski definition) is 2. The van der Waals surface area contributed by atoms with E-state index in [-0.39, 0.29) is 31.7 Å². The number of ether oxygens (including phenoxy) is 2. The van der Waals surface area contributed by atoms with Crippen LogP contribution in [0.5, 0.6) is 5.75 Å². The maximum Gasteiger partial charge on any atom is 0.252 e. The zero-order chi connectivity index (χ0) is 26.1. The van der Waals surface area contributed by atoms with Crippen molar-refractivity contribution in [1.29, 1.82) is 0 Å². The summed E-state index contributed by atoms with van der Waals surface area (Å²) in [7, 11) is 0. The lowest BCUT2D eigenvalue weighted by Crippen LogP contribution is -2.46. The Morgan fingerprint density at radius 3 is 2.49 bits per heavy atom. The highest BCUT2D eigenvalue weighted by molar-refractivity contribution is 6.00. The van der Waals surface area contributed by atoms with Crippen molar-refractivity contribution in [3.8, 4) is 5.75 Å². The molecule has 192 valence electrons. The first-order valence-electron chi connectivity index (χ1n) is 12.0. The number of carbonyl (C=O) groups is 1. The van der Waals surface area contributed by atoms with Crippen LogP contribution in [0.25, 0.3) is 6.08 Å². The van der Waals surface area contributed by atoms with Crippen molar-refractivity contribution in [3.05, 3.63) is 107 Å². The van der Waals surface area contributed by atoms with Crippen molar-refractivity contribution in [1.82, 2.24) is 5.32 Å². The fraction of sp³-hybridized carbons (Fsp3) is 0.241. The van der Waals surface area contributed by atoms with Gasteiger partial charge in [-0.15, -0.1) is 0 Å². The summed E-state index contributed by atoms with van der Waals surface area (Å²) in [6.45, 7) is 0.107. The van der Waals surface area contributed by atoms with Crippen molar-refractivity contribution >= 4 is 17.9 Å². The number of nitrogens with zero attached hydrogens (tertiary/aromatic N) is 1. The second kappa shape index (κ2) is 12.3. The second-order valence-corrected chi connectivity index (χ2v) is 8.59. The van der Waals surface area contributed by atoms with Gasteiger partial charge in [-0.05, 0) is 42.0 Å². The monoisotopic (exact) mass is 506 g/mol. The molecule has 1 aliphatic heterocycles. The van der Waals surface area contributed by atoms with E-state index in [0.717, 1.165) is 17.7 Å². The first-order chi connectivity index (χ1) is 18.0. The van der Waals surface area contributed by atoms with Crippen LogP contribution in [0.1, 0.15) is 29.5 Å². The summed E-state index contributed by atoms with van der Waals surface area (Å²) in [6.07, 6.45) is 4.48. The summed E-state index contributed by atoms with van der Waals surface area (Å²) in [6, 6.07) is 20.3. The van der Waals surface area contributed by atoms with Gasteiger partial charge in [0.25, 0.3) is 5.91 Å². The largest absolute Gasteiger partial charge is 0.494 e. The van der Waals surface area contributed by atoms with E-state index in [1.807, 2.05) is 42.5 Å². The van der Waals surface area contributed by atoms with Crippen LogP contribution >= 0.6 is 0 Å². The van der Waals surface area contributed by atoms with Crippen LogP contribution < -0.4 is 10.1 Å². The summed E-state index contributed by atoms with van der Waals surface area (Å²) in [5.41, 5.74) is 0.104. The van der Waals surface area contributed by atoms with E-state index in [0.29, 0.717) is 30.2 Å². The maximum absolute atomic E-state index is 14.1. The molecule has 0 aromatic heterocycles. The molecule has 0 spiro atoms. The van der Waals surface area contributed by atoms with E-state index < -0.39 is 23.1 Å².